The Morgan fingerprint density at radius 2 is 1.94 bits per heavy atom. The normalized spacial score (nSPS) is 12.9. The average molecular weight is 241 g/mol. The smallest absolute Gasteiger partial charge is 0.123 e. The van der Waals surface area contributed by atoms with E-state index in [0.717, 1.165) is 24.2 Å². The molecule has 0 saturated carbocycles. The average Bonchev–Trinajstić information content (AvgIpc) is 2.25. The van der Waals surface area contributed by atoms with Gasteiger partial charge in [0.25, 0.3) is 0 Å². The van der Waals surface area contributed by atoms with Gasteiger partial charge in [0, 0.05) is 5.56 Å². The highest BCUT2D eigenvalue weighted by Gasteiger charge is 2.14. The van der Waals surface area contributed by atoms with Crippen molar-refractivity contribution >= 4 is 11.6 Å². The van der Waals surface area contributed by atoms with E-state index in [1.807, 2.05) is 12.1 Å². The van der Waals surface area contributed by atoms with Gasteiger partial charge in [0.05, 0.1) is 12.5 Å². The Kier molecular flexibility index (Phi) is 5.14. The molecular formula is C14H21ClO. The Bertz CT molecular complexity index is 334. The van der Waals surface area contributed by atoms with Gasteiger partial charge in [-0.05, 0) is 31.7 Å². The molecule has 1 aromatic rings. The molecule has 0 spiro atoms. The topological polar surface area (TPSA) is 9.23 Å². The maximum atomic E-state index is 6.43. The summed E-state index contributed by atoms with van der Waals surface area (Å²) in [5, 5.41) is 0.0530. The lowest BCUT2D eigenvalue weighted by Crippen LogP contribution is -1.98. The first kappa shape index (κ1) is 13.4. The van der Waals surface area contributed by atoms with Crippen LogP contribution in [0.25, 0.3) is 0 Å². The van der Waals surface area contributed by atoms with Crippen molar-refractivity contribution in [3.63, 3.8) is 0 Å². The third kappa shape index (κ3) is 3.71. The molecule has 0 bridgehead atoms. The lowest BCUT2D eigenvalue weighted by molar-refractivity contribution is 0.407. The van der Waals surface area contributed by atoms with Crippen LogP contribution in [0, 0.1) is 12.8 Å². The first-order chi connectivity index (χ1) is 7.54. The molecule has 1 atom stereocenters. The molecule has 0 radical (unpaired) electrons. The third-order valence-electron chi connectivity index (χ3n) is 2.72. The van der Waals surface area contributed by atoms with Gasteiger partial charge < -0.3 is 4.74 Å². The van der Waals surface area contributed by atoms with Gasteiger partial charge in [-0.3, -0.25) is 0 Å². The van der Waals surface area contributed by atoms with Crippen LogP contribution in [-0.2, 0) is 0 Å². The van der Waals surface area contributed by atoms with E-state index in [2.05, 4.69) is 26.8 Å². The van der Waals surface area contributed by atoms with Crippen LogP contribution in [-0.4, -0.2) is 7.11 Å². The van der Waals surface area contributed by atoms with Crippen LogP contribution in [0.4, 0.5) is 0 Å². The van der Waals surface area contributed by atoms with Crippen LogP contribution in [0.3, 0.4) is 0 Å². The van der Waals surface area contributed by atoms with E-state index >= 15 is 0 Å². The lowest BCUT2D eigenvalue weighted by Gasteiger charge is -2.15. The van der Waals surface area contributed by atoms with Gasteiger partial charge >= 0.3 is 0 Å². The Hall–Kier alpha value is -0.690. The van der Waals surface area contributed by atoms with Gasteiger partial charge in [0.15, 0.2) is 0 Å². The summed E-state index contributed by atoms with van der Waals surface area (Å²) in [6, 6.07) is 6.17. The highest BCUT2D eigenvalue weighted by molar-refractivity contribution is 6.21. The Labute approximate surface area is 104 Å². The van der Waals surface area contributed by atoms with Gasteiger partial charge in [-0.25, -0.2) is 0 Å². The zero-order chi connectivity index (χ0) is 12.1. The van der Waals surface area contributed by atoms with Crippen molar-refractivity contribution in [2.45, 2.75) is 39.0 Å². The second-order valence-corrected chi connectivity index (χ2v) is 5.21. The molecule has 0 aliphatic rings. The zero-order valence-electron chi connectivity index (χ0n) is 10.6. The molecule has 0 heterocycles. The van der Waals surface area contributed by atoms with E-state index in [1.54, 1.807) is 7.11 Å². The molecule has 0 aromatic heterocycles. The molecule has 1 rings (SSSR count). The van der Waals surface area contributed by atoms with Gasteiger partial charge in [0.2, 0.25) is 0 Å². The number of halogens is 1. The SMILES string of the molecule is COc1ccc(C)cc1C(Cl)CCC(C)C. The Balaban J connectivity index is 2.80. The molecule has 0 amide bonds. The summed E-state index contributed by atoms with van der Waals surface area (Å²) >= 11 is 6.43. The minimum Gasteiger partial charge on any atom is -0.496 e. The van der Waals surface area contributed by atoms with Crippen molar-refractivity contribution in [2.24, 2.45) is 5.92 Å². The van der Waals surface area contributed by atoms with Crippen molar-refractivity contribution in [3.8, 4) is 5.75 Å². The van der Waals surface area contributed by atoms with Gasteiger partial charge in [0.1, 0.15) is 5.75 Å². The van der Waals surface area contributed by atoms with Gasteiger partial charge in [-0.2, -0.15) is 0 Å². The van der Waals surface area contributed by atoms with E-state index in [0.29, 0.717) is 5.92 Å². The molecule has 90 valence electrons. The zero-order valence-corrected chi connectivity index (χ0v) is 11.3. The number of hydrogen-bond acceptors (Lipinski definition) is 1. The second kappa shape index (κ2) is 6.15. The summed E-state index contributed by atoms with van der Waals surface area (Å²) in [4.78, 5) is 0. The molecule has 0 N–H and O–H groups in total. The monoisotopic (exact) mass is 240 g/mol. The quantitative estimate of drug-likeness (QED) is 0.677. The van der Waals surface area contributed by atoms with Crippen LogP contribution in [0.1, 0.15) is 43.2 Å². The summed E-state index contributed by atoms with van der Waals surface area (Å²) in [5.41, 5.74) is 2.34. The van der Waals surface area contributed by atoms with Crippen molar-refractivity contribution in [1.29, 1.82) is 0 Å². The van der Waals surface area contributed by atoms with Crippen molar-refractivity contribution in [2.75, 3.05) is 7.11 Å². The van der Waals surface area contributed by atoms with E-state index < -0.39 is 0 Å². The number of alkyl halides is 1. The summed E-state index contributed by atoms with van der Waals surface area (Å²) in [6.45, 7) is 6.52. The minimum atomic E-state index is 0.0530. The summed E-state index contributed by atoms with van der Waals surface area (Å²) in [5.74, 6) is 1.59. The maximum Gasteiger partial charge on any atom is 0.123 e. The minimum absolute atomic E-state index is 0.0530. The van der Waals surface area contributed by atoms with E-state index in [9.17, 15) is 0 Å². The maximum absolute atomic E-state index is 6.43. The third-order valence-corrected chi connectivity index (χ3v) is 3.17. The van der Waals surface area contributed by atoms with Crippen LogP contribution in [0.15, 0.2) is 18.2 Å². The molecule has 1 nitrogen and oxygen atoms in total. The van der Waals surface area contributed by atoms with E-state index in [-0.39, 0.29) is 5.38 Å². The fraction of sp³-hybridized carbons (Fsp3) is 0.571. The summed E-state index contributed by atoms with van der Waals surface area (Å²) in [7, 11) is 1.69. The summed E-state index contributed by atoms with van der Waals surface area (Å²) in [6.07, 6.45) is 2.14. The van der Waals surface area contributed by atoms with Crippen LogP contribution in [0.5, 0.6) is 5.75 Å². The largest absolute Gasteiger partial charge is 0.496 e. The molecule has 0 fully saturated rings. The number of hydrogen-bond donors (Lipinski definition) is 0. The molecule has 0 aliphatic carbocycles. The molecule has 0 aliphatic heterocycles. The standard InChI is InChI=1S/C14H21ClO/c1-10(2)5-7-13(15)12-9-11(3)6-8-14(12)16-4/h6,8-10,13H,5,7H2,1-4H3. The molecule has 1 unspecified atom stereocenters. The number of ether oxygens (including phenoxy) is 1. The predicted molar refractivity (Wildman–Crippen MR) is 70.4 cm³/mol. The van der Waals surface area contributed by atoms with Gasteiger partial charge in [-0.15, -0.1) is 11.6 Å². The van der Waals surface area contributed by atoms with E-state index in [1.165, 1.54) is 5.56 Å². The second-order valence-electron chi connectivity index (χ2n) is 4.68. The molecule has 2 heteroatoms. The fourth-order valence-electron chi connectivity index (χ4n) is 1.73. The number of methoxy groups -OCH3 is 1. The number of benzene rings is 1. The van der Waals surface area contributed by atoms with Crippen LogP contribution < -0.4 is 4.74 Å². The highest BCUT2D eigenvalue weighted by Crippen LogP contribution is 2.34. The molecule has 1 aromatic carbocycles. The van der Waals surface area contributed by atoms with Crippen molar-refractivity contribution in [1.82, 2.24) is 0 Å². The van der Waals surface area contributed by atoms with Crippen molar-refractivity contribution in [3.05, 3.63) is 29.3 Å². The Morgan fingerprint density at radius 1 is 1.25 bits per heavy atom. The number of rotatable bonds is 5. The van der Waals surface area contributed by atoms with Crippen LogP contribution >= 0.6 is 11.6 Å². The predicted octanol–water partition coefficient (Wildman–Crippen LogP) is 4.72. The first-order valence-electron chi connectivity index (χ1n) is 5.83. The fourth-order valence-corrected chi connectivity index (χ4v) is 2.03. The molecule has 16 heavy (non-hydrogen) atoms. The summed E-state index contributed by atoms with van der Waals surface area (Å²) < 4.78 is 5.34. The van der Waals surface area contributed by atoms with E-state index in [4.69, 9.17) is 16.3 Å². The van der Waals surface area contributed by atoms with Crippen molar-refractivity contribution < 1.29 is 4.74 Å². The van der Waals surface area contributed by atoms with Gasteiger partial charge in [-0.1, -0.05) is 31.5 Å². The first-order valence-corrected chi connectivity index (χ1v) is 6.26. The molecule has 0 saturated heterocycles. The molecular weight excluding hydrogens is 220 g/mol. The Morgan fingerprint density at radius 3 is 2.50 bits per heavy atom. The highest BCUT2D eigenvalue weighted by atomic mass is 35.5. The lowest BCUT2D eigenvalue weighted by atomic mass is 10.00. The van der Waals surface area contributed by atoms with Crippen LogP contribution in [0.2, 0.25) is 0 Å². The number of aryl methyl sites for hydroxylation is 1.